The van der Waals surface area contributed by atoms with E-state index in [0.717, 1.165) is 4.47 Å². The van der Waals surface area contributed by atoms with E-state index in [2.05, 4.69) is 31.5 Å². The molecule has 0 saturated heterocycles. The van der Waals surface area contributed by atoms with Crippen LogP contribution in [-0.2, 0) is 0 Å². The molecule has 27 heavy (non-hydrogen) atoms. The number of nitrogens with one attached hydrogen (secondary N) is 2. The van der Waals surface area contributed by atoms with Gasteiger partial charge in [0.25, 0.3) is 11.8 Å². The molecular weight excluding hydrogens is 410 g/mol. The number of aromatic nitrogens is 1. The lowest BCUT2D eigenvalue weighted by atomic mass is 10.1. The van der Waals surface area contributed by atoms with Crippen molar-refractivity contribution in [1.29, 1.82) is 0 Å². The summed E-state index contributed by atoms with van der Waals surface area (Å²) in [5.41, 5.74) is 2.17. The highest BCUT2D eigenvalue weighted by Gasteiger charge is 2.09. The molecule has 0 unspecified atom stereocenters. The van der Waals surface area contributed by atoms with Crippen molar-refractivity contribution in [3.05, 3.63) is 82.6 Å². The van der Waals surface area contributed by atoms with E-state index >= 15 is 0 Å². The van der Waals surface area contributed by atoms with Crippen LogP contribution in [-0.4, -0.2) is 23.9 Å². The highest BCUT2D eigenvalue weighted by atomic mass is 79.9. The topological polar surface area (TPSA) is 80.3 Å². The summed E-state index contributed by atoms with van der Waals surface area (Å²) in [7, 11) is 1.58. The number of methoxy groups -OCH3 is 1. The number of amides is 2. The van der Waals surface area contributed by atoms with E-state index in [9.17, 15) is 9.59 Å². The molecule has 1 heterocycles. The van der Waals surface area contributed by atoms with Gasteiger partial charge in [-0.2, -0.15) is 0 Å². The Morgan fingerprint density at radius 1 is 0.852 bits per heavy atom. The van der Waals surface area contributed by atoms with Crippen LogP contribution in [0.1, 0.15) is 20.7 Å². The first-order valence-corrected chi connectivity index (χ1v) is 8.82. The molecule has 6 nitrogen and oxygen atoms in total. The van der Waals surface area contributed by atoms with Crippen molar-refractivity contribution in [2.45, 2.75) is 0 Å². The molecule has 2 amide bonds. The number of benzene rings is 2. The molecule has 0 radical (unpaired) electrons. The number of carbonyl (C=O) groups is 2. The molecule has 0 saturated carbocycles. The standard InChI is InChI=1S/C20H16BrN3O3/c1-27-18-8-6-17(7-9-18)23-19(25)13-2-4-16(5-3-13)24-20(26)14-10-15(21)12-22-11-14/h2-12H,1H3,(H,23,25)(H,24,26). The summed E-state index contributed by atoms with van der Waals surface area (Å²) in [4.78, 5) is 28.5. The average Bonchev–Trinajstić information content (AvgIpc) is 2.69. The normalized spacial score (nSPS) is 10.1. The second kappa shape index (κ2) is 8.46. The number of nitrogens with zero attached hydrogens (tertiary/aromatic N) is 1. The molecular formula is C20H16BrN3O3. The van der Waals surface area contributed by atoms with E-state index in [-0.39, 0.29) is 11.8 Å². The first-order valence-electron chi connectivity index (χ1n) is 8.02. The highest BCUT2D eigenvalue weighted by Crippen LogP contribution is 2.17. The lowest BCUT2D eigenvalue weighted by molar-refractivity contribution is 0.101. The number of pyridine rings is 1. The molecule has 136 valence electrons. The van der Waals surface area contributed by atoms with Crippen molar-refractivity contribution in [2.24, 2.45) is 0 Å². The molecule has 0 fully saturated rings. The van der Waals surface area contributed by atoms with Crippen LogP contribution < -0.4 is 15.4 Å². The van der Waals surface area contributed by atoms with Crippen molar-refractivity contribution >= 4 is 39.1 Å². The van der Waals surface area contributed by atoms with Gasteiger partial charge in [-0.15, -0.1) is 0 Å². The number of anilines is 2. The third-order valence-corrected chi connectivity index (χ3v) is 4.15. The predicted molar refractivity (Wildman–Crippen MR) is 107 cm³/mol. The van der Waals surface area contributed by atoms with Gasteiger partial charge in [0.2, 0.25) is 0 Å². The molecule has 7 heteroatoms. The van der Waals surface area contributed by atoms with E-state index in [1.807, 2.05) is 0 Å². The molecule has 1 aromatic heterocycles. The molecule has 0 spiro atoms. The summed E-state index contributed by atoms with van der Waals surface area (Å²) >= 11 is 3.28. The quantitative estimate of drug-likeness (QED) is 0.636. The maximum Gasteiger partial charge on any atom is 0.257 e. The van der Waals surface area contributed by atoms with Gasteiger partial charge in [0.05, 0.1) is 12.7 Å². The van der Waals surface area contributed by atoms with Crippen LogP contribution in [0.2, 0.25) is 0 Å². The third-order valence-electron chi connectivity index (χ3n) is 3.72. The number of carbonyl (C=O) groups excluding carboxylic acids is 2. The summed E-state index contributed by atoms with van der Waals surface area (Å²) < 4.78 is 5.81. The number of hydrogen-bond acceptors (Lipinski definition) is 4. The molecule has 3 aromatic rings. The number of ether oxygens (including phenoxy) is 1. The Kier molecular flexibility index (Phi) is 5.83. The molecule has 2 aromatic carbocycles. The molecule has 2 N–H and O–H groups in total. The lowest BCUT2D eigenvalue weighted by Gasteiger charge is -2.08. The van der Waals surface area contributed by atoms with Crippen LogP contribution in [0.25, 0.3) is 0 Å². The van der Waals surface area contributed by atoms with Crippen LogP contribution >= 0.6 is 15.9 Å². The minimum atomic E-state index is -0.278. The Morgan fingerprint density at radius 2 is 1.41 bits per heavy atom. The highest BCUT2D eigenvalue weighted by molar-refractivity contribution is 9.10. The molecule has 0 aliphatic rings. The third kappa shape index (κ3) is 4.92. The first-order chi connectivity index (χ1) is 13.0. The van der Waals surface area contributed by atoms with Crippen LogP contribution in [0.3, 0.4) is 0 Å². The Morgan fingerprint density at radius 3 is 1.96 bits per heavy atom. The van der Waals surface area contributed by atoms with E-state index < -0.39 is 0 Å². The van der Waals surface area contributed by atoms with Gasteiger partial charge >= 0.3 is 0 Å². The molecule has 0 bridgehead atoms. The second-order valence-corrected chi connectivity index (χ2v) is 6.52. The predicted octanol–water partition coefficient (Wildman–Crippen LogP) is 4.36. The number of halogens is 1. The van der Waals surface area contributed by atoms with Crippen molar-refractivity contribution in [3.63, 3.8) is 0 Å². The van der Waals surface area contributed by atoms with Gasteiger partial charge in [0.15, 0.2) is 0 Å². The van der Waals surface area contributed by atoms with Crippen molar-refractivity contribution < 1.29 is 14.3 Å². The Bertz CT molecular complexity index is 957. The largest absolute Gasteiger partial charge is 0.497 e. The van der Waals surface area contributed by atoms with Gasteiger partial charge in [-0.1, -0.05) is 0 Å². The van der Waals surface area contributed by atoms with Gasteiger partial charge in [-0.25, -0.2) is 0 Å². The Balaban J connectivity index is 1.63. The summed E-state index contributed by atoms with van der Waals surface area (Å²) in [6.45, 7) is 0. The minimum absolute atomic E-state index is 0.241. The average molecular weight is 426 g/mol. The van der Waals surface area contributed by atoms with Crippen molar-refractivity contribution in [2.75, 3.05) is 17.7 Å². The van der Waals surface area contributed by atoms with Gasteiger partial charge in [0, 0.05) is 33.8 Å². The number of rotatable bonds is 5. The zero-order chi connectivity index (χ0) is 19.2. The summed E-state index contributed by atoms with van der Waals surface area (Å²) in [5.74, 6) is 0.196. The molecule has 0 aliphatic carbocycles. The Labute approximate surface area is 164 Å². The second-order valence-electron chi connectivity index (χ2n) is 5.61. The minimum Gasteiger partial charge on any atom is -0.497 e. The van der Waals surface area contributed by atoms with Gasteiger partial charge < -0.3 is 15.4 Å². The number of hydrogen-bond donors (Lipinski definition) is 2. The fourth-order valence-corrected chi connectivity index (χ4v) is 2.69. The summed E-state index contributed by atoms with van der Waals surface area (Å²) in [6, 6.07) is 15.4. The van der Waals surface area contributed by atoms with Crippen LogP contribution in [0.5, 0.6) is 5.75 Å². The molecule has 3 rings (SSSR count). The van der Waals surface area contributed by atoms with E-state index in [4.69, 9.17) is 4.74 Å². The fraction of sp³-hybridized carbons (Fsp3) is 0.0500. The first kappa shape index (κ1) is 18.6. The Hall–Kier alpha value is -3.19. The zero-order valence-corrected chi connectivity index (χ0v) is 16.0. The molecule has 0 aliphatic heterocycles. The summed E-state index contributed by atoms with van der Waals surface area (Å²) in [6.07, 6.45) is 3.09. The van der Waals surface area contributed by atoms with E-state index in [1.165, 1.54) is 6.20 Å². The van der Waals surface area contributed by atoms with Gasteiger partial charge in [-0.05, 0) is 70.5 Å². The maximum atomic E-state index is 12.3. The van der Waals surface area contributed by atoms with Gasteiger partial charge in [0.1, 0.15) is 5.75 Å². The zero-order valence-electron chi connectivity index (χ0n) is 14.4. The van der Waals surface area contributed by atoms with Crippen LogP contribution in [0.15, 0.2) is 71.5 Å². The van der Waals surface area contributed by atoms with Crippen molar-refractivity contribution in [3.8, 4) is 5.75 Å². The van der Waals surface area contributed by atoms with E-state index in [1.54, 1.807) is 67.9 Å². The molecule has 0 atom stereocenters. The smallest absolute Gasteiger partial charge is 0.257 e. The van der Waals surface area contributed by atoms with E-state index in [0.29, 0.717) is 28.3 Å². The van der Waals surface area contributed by atoms with Crippen LogP contribution in [0.4, 0.5) is 11.4 Å². The lowest BCUT2D eigenvalue weighted by Crippen LogP contribution is -2.14. The van der Waals surface area contributed by atoms with Crippen molar-refractivity contribution in [1.82, 2.24) is 4.98 Å². The van der Waals surface area contributed by atoms with Gasteiger partial charge in [-0.3, -0.25) is 14.6 Å². The van der Waals surface area contributed by atoms with Crippen LogP contribution in [0, 0.1) is 0 Å². The SMILES string of the molecule is COc1ccc(NC(=O)c2ccc(NC(=O)c3cncc(Br)c3)cc2)cc1. The maximum absolute atomic E-state index is 12.3. The fourth-order valence-electron chi connectivity index (χ4n) is 2.32. The monoisotopic (exact) mass is 425 g/mol. The summed E-state index contributed by atoms with van der Waals surface area (Å²) in [5, 5.41) is 5.58.